The van der Waals surface area contributed by atoms with Crippen molar-refractivity contribution in [1.82, 2.24) is 10.6 Å². The van der Waals surface area contributed by atoms with Crippen LogP contribution < -0.4 is 10.6 Å². The normalized spacial score (nSPS) is 14.1. The van der Waals surface area contributed by atoms with Gasteiger partial charge in [0.1, 0.15) is 6.42 Å². The predicted octanol–water partition coefficient (Wildman–Crippen LogP) is 0.0751. The van der Waals surface area contributed by atoms with Gasteiger partial charge >= 0.3 is 0 Å². The second kappa shape index (κ2) is 6.02. The minimum absolute atomic E-state index is 0.0482. The van der Waals surface area contributed by atoms with Crippen LogP contribution in [0.3, 0.4) is 0 Å². The lowest BCUT2D eigenvalue weighted by atomic mass is 10.3. The third-order valence-corrected chi connectivity index (χ3v) is 2.08. The van der Waals surface area contributed by atoms with Gasteiger partial charge in [-0.3, -0.25) is 9.59 Å². The van der Waals surface area contributed by atoms with Gasteiger partial charge in [-0.25, -0.2) is 0 Å². The van der Waals surface area contributed by atoms with Crippen LogP contribution in [0.25, 0.3) is 0 Å². The Hall–Kier alpha value is -1.57. The smallest absolute Gasteiger partial charge is 0.234 e. The van der Waals surface area contributed by atoms with Gasteiger partial charge < -0.3 is 10.6 Å². The molecule has 0 unspecified atom stereocenters. The number of carbonyl (C=O) groups is 2. The Balaban J connectivity index is 1.93. The zero-order valence-corrected chi connectivity index (χ0v) is 8.58. The number of hydrogen-bond donors (Lipinski definition) is 2. The summed E-state index contributed by atoms with van der Waals surface area (Å²) < 4.78 is 0. The minimum Gasteiger partial charge on any atom is -0.355 e. The molecule has 1 aliphatic carbocycles. The summed E-state index contributed by atoms with van der Waals surface area (Å²) in [5.74, 6) is -0.230. The van der Waals surface area contributed by atoms with E-state index in [1.54, 1.807) is 6.07 Å². The molecule has 82 valence electrons. The summed E-state index contributed by atoms with van der Waals surface area (Å²) in [6.45, 7) is 0.457. The summed E-state index contributed by atoms with van der Waals surface area (Å²) in [4.78, 5) is 22.0. The molecule has 0 aliphatic heterocycles. The summed E-state index contributed by atoms with van der Waals surface area (Å²) in [6.07, 6.45) is 3.11. The van der Waals surface area contributed by atoms with Crippen LogP contribution in [0.15, 0.2) is 0 Å². The van der Waals surface area contributed by atoms with Crippen molar-refractivity contribution < 1.29 is 9.59 Å². The van der Waals surface area contributed by atoms with E-state index in [1.165, 1.54) is 0 Å². The van der Waals surface area contributed by atoms with Crippen molar-refractivity contribution in [2.75, 3.05) is 6.54 Å². The van der Waals surface area contributed by atoms with E-state index in [0.29, 0.717) is 25.4 Å². The molecule has 2 N–H and O–H groups in total. The van der Waals surface area contributed by atoms with Crippen LogP contribution in [-0.4, -0.2) is 24.4 Å². The van der Waals surface area contributed by atoms with E-state index in [4.69, 9.17) is 5.26 Å². The highest BCUT2D eigenvalue weighted by Gasteiger charge is 2.22. The molecular formula is C10H15N3O2. The Kier molecular flexibility index (Phi) is 4.61. The third kappa shape index (κ3) is 5.68. The number of carbonyl (C=O) groups excluding carboxylic acids is 2. The second-order valence-corrected chi connectivity index (χ2v) is 3.63. The highest BCUT2D eigenvalue weighted by molar-refractivity contribution is 5.78. The summed E-state index contributed by atoms with van der Waals surface area (Å²) in [7, 11) is 0. The van der Waals surface area contributed by atoms with E-state index in [-0.39, 0.29) is 18.2 Å². The average Bonchev–Trinajstić information content (AvgIpc) is 2.97. The van der Waals surface area contributed by atoms with Gasteiger partial charge in [0.05, 0.1) is 6.07 Å². The van der Waals surface area contributed by atoms with Crippen molar-refractivity contribution in [2.24, 2.45) is 0 Å². The quantitative estimate of drug-likeness (QED) is 0.607. The minimum atomic E-state index is -0.278. The van der Waals surface area contributed by atoms with E-state index in [9.17, 15) is 9.59 Å². The standard InChI is InChI=1S/C10H15N3O2/c11-6-5-9(14)12-7-1-2-10(15)13-8-3-4-8/h8H,1-5,7H2,(H,12,14)(H,13,15). The fraction of sp³-hybridized carbons (Fsp3) is 0.700. The van der Waals surface area contributed by atoms with Crippen LogP contribution in [0.4, 0.5) is 0 Å². The van der Waals surface area contributed by atoms with Crippen LogP contribution in [0, 0.1) is 11.3 Å². The van der Waals surface area contributed by atoms with Gasteiger partial charge in [0.15, 0.2) is 0 Å². The van der Waals surface area contributed by atoms with Gasteiger partial charge in [0.25, 0.3) is 0 Å². The largest absolute Gasteiger partial charge is 0.355 e. The Morgan fingerprint density at radius 2 is 2.07 bits per heavy atom. The molecule has 5 nitrogen and oxygen atoms in total. The first-order chi connectivity index (χ1) is 7.22. The lowest BCUT2D eigenvalue weighted by Crippen LogP contribution is -2.28. The van der Waals surface area contributed by atoms with E-state index in [1.807, 2.05) is 0 Å². The molecule has 1 saturated carbocycles. The lowest BCUT2D eigenvalue weighted by Gasteiger charge is -2.03. The molecule has 0 spiro atoms. The number of nitrogens with zero attached hydrogens (tertiary/aromatic N) is 1. The monoisotopic (exact) mass is 209 g/mol. The van der Waals surface area contributed by atoms with Crippen molar-refractivity contribution in [2.45, 2.75) is 38.1 Å². The molecule has 1 fully saturated rings. The van der Waals surface area contributed by atoms with Gasteiger partial charge in [0, 0.05) is 19.0 Å². The molecule has 0 radical (unpaired) electrons. The average molecular weight is 209 g/mol. The Morgan fingerprint density at radius 3 is 2.67 bits per heavy atom. The zero-order chi connectivity index (χ0) is 11.1. The molecule has 0 heterocycles. The van der Waals surface area contributed by atoms with Gasteiger partial charge in [-0.15, -0.1) is 0 Å². The second-order valence-electron chi connectivity index (χ2n) is 3.63. The molecule has 0 bridgehead atoms. The van der Waals surface area contributed by atoms with Gasteiger partial charge in [-0.2, -0.15) is 5.26 Å². The fourth-order valence-electron chi connectivity index (χ4n) is 1.14. The maximum absolute atomic E-state index is 11.2. The maximum Gasteiger partial charge on any atom is 0.234 e. The van der Waals surface area contributed by atoms with Crippen molar-refractivity contribution >= 4 is 11.8 Å². The van der Waals surface area contributed by atoms with E-state index < -0.39 is 0 Å². The van der Waals surface area contributed by atoms with Crippen LogP contribution in [0.2, 0.25) is 0 Å². The Morgan fingerprint density at radius 1 is 1.33 bits per heavy atom. The number of hydrogen-bond acceptors (Lipinski definition) is 3. The molecular weight excluding hydrogens is 194 g/mol. The first-order valence-corrected chi connectivity index (χ1v) is 5.15. The first kappa shape index (κ1) is 11.5. The number of rotatable bonds is 6. The van der Waals surface area contributed by atoms with Crippen molar-refractivity contribution in [1.29, 1.82) is 5.26 Å². The lowest BCUT2D eigenvalue weighted by molar-refractivity contribution is -0.122. The van der Waals surface area contributed by atoms with Crippen LogP contribution in [-0.2, 0) is 9.59 Å². The Bertz CT molecular complexity index is 279. The molecule has 1 rings (SSSR count). The number of amides is 2. The molecule has 0 aromatic heterocycles. The van der Waals surface area contributed by atoms with Crippen LogP contribution in [0.5, 0.6) is 0 Å². The third-order valence-electron chi connectivity index (χ3n) is 2.08. The molecule has 5 heteroatoms. The van der Waals surface area contributed by atoms with Gasteiger partial charge in [-0.1, -0.05) is 0 Å². The molecule has 2 amide bonds. The van der Waals surface area contributed by atoms with Gasteiger partial charge in [-0.05, 0) is 19.3 Å². The molecule has 1 aliphatic rings. The first-order valence-electron chi connectivity index (χ1n) is 5.15. The van der Waals surface area contributed by atoms with E-state index >= 15 is 0 Å². The summed E-state index contributed by atoms with van der Waals surface area (Å²) in [6, 6.07) is 2.15. The summed E-state index contributed by atoms with van der Waals surface area (Å²) in [5.41, 5.74) is 0. The maximum atomic E-state index is 11.2. The van der Waals surface area contributed by atoms with E-state index in [0.717, 1.165) is 12.8 Å². The summed E-state index contributed by atoms with van der Waals surface area (Å²) in [5, 5.41) is 13.6. The SMILES string of the molecule is N#CCC(=O)NCCCC(=O)NC1CC1. The van der Waals surface area contributed by atoms with Gasteiger partial charge in [0.2, 0.25) is 11.8 Å². The molecule has 15 heavy (non-hydrogen) atoms. The molecule has 0 saturated heterocycles. The molecule has 0 atom stereocenters. The predicted molar refractivity (Wildman–Crippen MR) is 53.6 cm³/mol. The van der Waals surface area contributed by atoms with Crippen LogP contribution >= 0.6 is 0 Å². The molecule has 0 aromatic rings. The summed E-state index contributed by atoms with van der Waals surface area (Å²) >= 11 is 0. The van der Waals surface area contributed by atoms with Crippen molar-refractivity contribution in [3.63, 3.8) is 0 Å². The van der Waals surface area contributed by atoms with Crippen molar-refractivity contribution in [3.05, 3.63) is 0 Å². The Labute approximate surface area is 88.8 Å². The topological polar surface area (TPSA) is 82.0 Å². The zero-order valence-electron chi connectivity index (χ0n) is 8.58. The van der Waals surface area contributed by atoms with Crippen LogP contribution in [0.1, 0.15) is 32.1 Å². The van der Waals surface area contributed by atoms with Crippen molar-refractivity contribution in [3.8, 4) is 6.07 Å². The number of nitrogens with one attached hydrogen (secondary N) is 2. The fourth-order valence-corrected chi connectivity index (χ4v) is 1.14. The highest BCUT2D eigenvalue weighted by atomic mass is 16.2. The highest BCUT2D eigenvalue weighted by Crippen LogP contribution is 2.18. The molecule has 0 aromatic carbocycles. The number of nitriles is 1. The van der Waals surface area contributed by atoms with E-state index in [2.05, 4.69) is 10.6 Å².